The van der Waals surface area contributed by atoms with Crippen LogP contribution in [0.2, 0.25) is 0 Å². The van der Waals surface area contributed by atoms with E-state index in [1.165, 1.54) is 0 Å². The maximum Gasteiger partial charge on any atom is 0.164 e. The van der Waals surface area contributed by atoms with Gasteiger partial charge in [-0.1, -0.05) is 13.8 Å². The Morgan fingerprint density at radius 2 is 1.88 bits per heavy atom. The first kappa shape index (κ1) is 13.9. The molecule has 1 fully saturated rings. The Labute approximate surface area is 100 Å². The molecule has 96 valence electrons. The van der Waals surface area contributed by atoms with Crippen LogP contribution in [0.5, 0.6) is 0 Å². The predicted molar refractivity (Wildman–Crippen MR) is 66.5 cm³/mol. The van der Waals surface area contributed by atoms with E-state index in [0.717, 1.165) is 13.0 Å². The third kappa shape index (κ3) is 3.72. The maximum absolute atomic E-state index is 6.06. The molecule has 2 unspecified atom stereocenters. The molecule has 3 heteroatoms. The fraction of sp³-hybridized carbons (Fsp3) is 1.00. The number of hydrogen-bond donors (Lipinski definition) is 0. The summed E-state index contributed by atoms with van der Waals surface area (Å²) in [5.41, 5.74) is -0.0681. The highest BCUT2D eigenvalue weighted by molar-refractivity contribution is 4.84. The van der Waals surface area contributed by atoms with E-state index in [9.17, 15) is 0 Å². The molecule has 0 N–H and O–H groups in total. The van der Waals surface area contributed by atoms with E-state index in [-0.39, 0.29) is 23.4 Å². The Hall–Kier alpha value is -0.120. The van der Waals surface area contributed by atoms with E-state index in [1.807, 2.05) is 0 Å². The zero-order chi connectivity index (χ0) is 12.6. The highest BCUT2D eigenvalue weighted by Crippen LogP contribution is 2.36. The first-order valence-electron chi connectivity index (χ1n) is 6.10. The second-order valence-electron chi connectivity index (χ2n) is 6.59. The molecule has 1 rings (SSSR count). The number of nitrogens with zero attached hydrogens (tertiary/aromatic N) is 1. The molecule has 1 saturated heterocycles. The van der Waals surface area contributed by atoms with Crippen molar-refractivity contribution in [3.8, 4) is 0 Å². The van der Waals surface area contributed by atoms with Crippen molar-refractivity contribution in [2.75, 3.05) is 20.6 Å². The van der Waals surface area contributed by atoms with Crippen LogP contribution in [0.25, 0.3) is 0 Å². The van der Waals surface area contributed by atoms with E-state index < -0.39 is 0 Å². The summed E-state index contributed by atoms with van der Waals surface area (Å²) in [5, 5.41) is 0. The molecule has 1 aliphatic heterocycles. The summed E-state index contributed by atoms with van der Waals surface area (Å²) in [5.74, 6) is 0. The zero-order valence-corrected chi connectivity index (χ0v) is 11.8. The van der Waals surface area contributed by atoms with Gasteiger partial charge in [0.1, 0.15) is 0 Å². The van der Waals surface area contributed by atoms with E-state index in [2.05, 4.69) is 53.6 Å². The molecule has 16 heavy (non-hydrogen) atoms. The third-order valence-electron chi connectivity index (χ3n) is 2.92. The summed E-state index contributed by atoms with van der Waals surface area (Å²) in [6, 6.07) is 0. The number of rotatable bonds is 3. The molecule has 0 radical (unpaired) electrons. The molecular formula is C13H27NO2. The van der Waals surface area contributed by atoms with Gasteiger partial charge in [-0.2, -0.15) is 0 Å². The average Bonchev–Trinajstić information content (AvgIpc) is 1.96. The monoisotopic (exact) mass is 229 g/mol. The SMILES string of the molecule is CC1CC(C)(C)OC(C(C)(C)CN(C)C)O1. The molecule has 0 amide bonds. The summed E-state index contributed by atoms with van der Waals surface area (Å²) < 4.78 is 12.0. The molecular weight excluding hydrogens is 202 g/mol. The highest BCUT2D eigenvalue weighted by Gasteiger charge is 2.41. The van der Waals surface area contributed by atoms with E-state index in [4.69, 9.17) is 9.47 Å². The molecule has 1 heterocycles. The van der Waals surface area contributed by atoms with Gasteiger partial charge in [0.15, 0.2) is 6.29 Å². The van der Waals surface area contributed by atoms with Crippen molar-refractivity contribution in [3.63, 3.8) is 0 Å². The first-order valence-corrected chi connectivity index (χ1v) is 6.10. The van der Waals surface area contributed by atoms with Crippen molar-refractivity contribution in [3.05, 3.63) is 0 Å². The molecule has 2 atom stereocenters. The topological polar surface area (TPSA) is 21.7 Å². The van der Waals surface area contributed by atoms with E-state index in [1.54, 1.807) is 0 Å². The first-order chi connectivity index (χ1) is 7.12. The van der Waals surface area contributed by atoms with Gasteiger partial charge in [0.25, 0.3) is 0 Å². The summed E-state index contributed by atoms with van der Waals surface area (Å²) in [6.07, 6.45) is 1.12. The normalized spacial score (nSPS) is 30.8. The smallest absolute Gasteiger partial charge is 0.164 e. The molecule has 0 aromatic heterocycles. The van der Waals surface area contributed by atoms with Crippen molar-refractivity contribution < 1.29 is 9.47 Å². The summed E-state index contributed by atoms with van der Waals surface area (Å²) in [4.78, 5) is 2.18. The quantitative estimate of drug-likeness (QED) is 0.742. The molecule has 0 saturated carbocycles. The van der Waals surface area contributed by atoms with Crippen LogP contribution in [-0.2, 0) is 9.47 Å². The Morgan fingerprint density at radius 3 is 2.31 bits per heavy atom. The van der Waals surface area contributed by atoms with Crippen LogP contribution in [0, 0.1) is 5.41 Å². The Morgan fingerprint density at radius 1 is 1.31 bits per heavy atom. The molecule has 3 nitrogen and oxygen atoms in total. The zero-order valence-electron chi connectivity index (χ0n) is 11.8. The minimum Gasteiger partial charge on any atom is -0.349 e. The summed E-state index contributed by atoms with van der Waals surface area (Å²) in [6.45, 7) is 11.8. The predicted octanol–water partition coefficient (Wildman–Crippen LogP) is 2.50. The number of hydrogen-bond acceptors (Lipinski definition) is 3. The van der Waals surface area contributed by atoms with Gasteiger partial charge in [0, 0.05) is 18.4 Å². The van der Waals surface area contributed by atoms with Gasteiger partial charge in [-0.3, -0.25) is 0 Å². The van der Waals surface area contributed by atoms with Crippen molar-refractivity contribution in [2.24, 2.45) is 5.41 Å². The lowest BCUT2D eigenvalue weighted by molar-refractivity contribution is -0.305. The van der Waals surface area contributed by atoms with Gasteiger partial charge in [-0.15, -0.1) is 0 Å². The van der Waals surface area contributed by atoms with Crippen LogP contribution in [0.1, 0.15) is 41.0 Å². The van der Waals surface area contributed by atoms with Crippen molar-refractivity contribution in [1.29, 1.82) is 0 Å². The van der Waals surface area contributed by atoms with Gasteiger partial charge in [-0.05, 0) is 34.9 Å². The summed E-state index contributed by atoms with van der Waals surface area (Å²) >= 11 is 0. The standard InChI is InChI=1S/C13H27NO2/c1-10-8-13(4,5)16-11(15-10)12(2,3)9-14(6)7/h10-11H,8-9H2,1-7H3. The fourth-order valence-corrected chi connectivity index (χ4v) is 2.55. The van der Waals surface area contributed by atoms with E-state index >= 15 is 0 Å². The molecule has 0 bridgehead atoms. The Balaban J connectivity index is 2.71. The fourth-order valence-electron chi connectivity index (χ4n) is 2.55. The second kappa shape index (κ2) is 4.63. The lowest BCUT2D eigenvalue weighted by Crippen LogP contribution is -2.51. The maximum atomic E-state index is 6.06. The van der Waals surface area contributed by atoms with Gasteiger partial charge in [0.2, 0.25) is 0 Å². The van der Waals surface area contributed by atoms with Crippen LogP contribution < -0.4 is 0 Å². The third-order valence-corrected chi connectivity index (χ3v) is 2.92. The summed E-state index contributed by atoms with van der Waals surface area (Å²) in [7, 11) is 4.16. The van der Waals surface area contributed by atoms with Crippen molar-refractivity contribution in [1.82, 2.24) is 4.90 Å². The van der Waals surface area contributed by atoms with Crippen LogP contribution in [-0.4, -0.2) is 43.5 Å². The van der Waals surface area contributed by atoms with Crippen LogP contribution in [0.3, 0.4) is 0 Å². The minimum absolute atomic E-state index is 0.00937. The van der Waals surface area contributed by atoms with Gasteiger partial charge >= 0.3 is 0 Å². The molecule has 1 aliphatic rings. The lowest BCUT2D eigenvalue weighted by atomic mass is 9.89. The van der Waals surface area contributed by atoms with Crippen LogP contribution >= 0.6 is 0 Å². The van der Waals surface area contributed by atoms with Gasteiger partial charge < -0.3 is 14.4 Å². The second-order valence-corrected chi connectivity index (χ2v) is 6.59. The molecule has 0 aromatic carbocycles. The molecule has 0 spiro atoms. The minimum atomic E-state index is -0.117. The Bertz CT molecular complexity index is 236. The van der Waals surface area contributed by atoms with Gasteiger partial charge in [-0.25, -0.2) is 0 Å². The molecule has 0 aromatic rings. The lowest BCUT2D eigenvalue weighted by Gasteiger charge is -2.46. The van der Waals surface area contributed by atoms with E-state index in [0.29, 0.717) is 0 Å². The van der Waals surface area contributed by atoms with Crippen molar-refractivity contribution >= 4 is 0 Å². The van der Waals surface area contributed by atoms with Crippen LogP contribution in [0.4, 0.5) is 0 Å². The highest BCUT2D eigenvalue weighted by atomic mass is 16.7. The Kier molecular flexibility index (Phi) is 4.04. The van der Waals surface area contributed by atoms with Gasteiger partial charge in [0.05, 0.1) is 11.7 Å². The van der Waals surface area contributed by atoms with Crippen LogP contribution in [0.15, 0.2) is 0 Å². The number of ether oxygens (including phenoxy) is 2. The largest absolute Gasteiger partial charge is 0.349 e. The van der Waals surface area contributed by atoms with Crippen molar-refractivity contribution in [2.45, 2.75) is 59.0 Å². The average molecular weight is 229 g/mol. The molecule has 0 aliphatic carbocycles.